The van der Waals surface area contributed by atoms with Gasteiger partial charge in [0.1, 0.15) is 0 Å². The van der Waals surface area contributed by atoms with Crippen molar-refractivity contribution < 1.29 is 18.7 Å². The highest BCUT2D eigenvalue weighted by Gasteiger charge is 2.09. The zero-order valence-corrected chi connectivity index (χ0v) is 15.0. The van der Waals surface area contributed by atoms with E-state index in [0.717, 1.165) is 11.1 Å². The van der Waals surface area contributed by atoms with E-state index in [1.807, 2.05) is 36.4 Å². The fourth-order valence-electron chi connectivity index (χ4n) is 2.42. The number of amides is 1. The molecule has 0 saturated carbocycles. The van der Waals surface area contributed by atoms with Crippen LogP contribution in [0.5, 0.6) is 11.5 Å². The molecule has 1 N–H and O–H groups in total. The number of anilines is 1. The van der Waals surface area contributed by atoms with E-state index in [9.17, 15) is 4.79 Å². The Hall–Kier alpha value is -3.61. The van der Waals surface area contributed by atoms with Crippen molar-refractivity contribution in [2.45, 2.75) is 6.42 Å². The van der Waals surface area contributed by atoms with Crippen LogP contribution in [0.4, 0.5) is 6.01 Å². The zero-order valence-electron chi connectivity index (χ0n) is 15.0. The van der Waals surface area contributed by atoms with Crippen molar-refractivity contribution >= 4 is 18.0 Å². The largest absolute Gasteiger partial charge is 0.493 e. The van der Waals surface area contributed by atoms with E-state index in [1.165, 1.54) is 6.08 Å². The Kier molecular flexibility index (Phi) is 5.84. The summed E-state index contributed by atoms with van der Waals surface area (Å²) in [4.78, 5) is 12.0. The molecule has 0 aliphatic heterocycles. The summed E-state index contributed by atoms with van der Waals surface area (Å²) >= 11 is 0. The minimum atomic E-state index is -0.375. The molecule has 1 aromatic heterocycles. The van der Waals surface area contributed by atoms with Crippen molar-refractivity contribution in [1.29, 1.82) is 0 Å². The third kappa shape index (κ3) is 4.94. The molecular weight excluding hydrogens is 346 g/mol. The zero-order chi connectivity index (χ0) is 19.1. The van der Waals surface area contributed by atoms with Crippen LogP contribution >= 0.6 is 0 Å². The minimum absolute atomic E-state index is 0.0582. The van der Waals surface area contributed by atoms with Gasteiger partial charge in [-0.3, -0.25) is 10.1 Å². The molecule has 138 valence electrons. The lowest BCUT2D eigenvalue weighted by Crippen LogP contribution is -2.07. The summed E-state index contributed by atoms with van der Waals surface area (Å²) in [5.74, 6) is 1.26. The summed E-state index contributed by atoms with van der Waals surface area (Å²) in [6, 6.07) is 15.2. The first-order chi connectivity index (χ1) is 13.2. The number of ether oxygens (including phenoxy) is 2. The highest BCUT2D eigenvalue weighted by Crippen LogP contribution is 2.27. The van der Waals surface area contributed by atoms with Gasteiger partial charge in [-0.25, -0.2) is 0 Å². The summed E-state index contributed by atoms with van der Waals surface area (Å²) in [6.07, 6.45) is 3.53. The van der Waals surface area contributed by atoms with E-state index in [2.05, 4.69) is 15.5 Å². The SMILES string of the molecule is COc1ccc(/C=C/C(=O)Nc2nnc(Cc3ccccc3)o2)cc1OC. The van der Waals surface area contributed by atoms with E-state index >= 15 is 0 Å². The van der Waals surface area contributed by atoms with Gasteiger partial charge in [0.05, 0.1) is 20.6 Å². The predicted molar refractivity (Wildman–Crippen MR) is 101 cm³/mol. The predicted octanol–water partition coefficient (Wildman–Crippen LogP) is 3.33. The molecule has 0 aliphatic rings. The molecule has 7 heteroatoms. The molecule has 0 radical (unpaired) electrons. The minimum Gasteiger partial charge on any atom is -0.493 e. The Labute approximate surface area is 156 Å². The number of nitrogens with zero attached hydrogens (tertiary/aromatic N) is 2. The topological polar surface area (TPSA) is 86.5 Å². The van der Waals surface area contributed by atoms with Crippen LogP contribution in [0.2, 0.25) is 0 Å². The smallest absolute Gasteiger partial charge is 0.322 e. The number of nitrogens with one attached hydrogen (secondary N) is 1. The molecule has 2 aromatic carbocycles. The summed E-state index contributed by atoms with van der Waals surface area (Å²) in [5, 5.41) is 10.3. The second kappa shape index (κ2) is 8.66. The molecule has 0 unspecified atom stereocenters. The van der Waals surface area contributed by atoms with E-state index in [4.69, 9.17) is 13.9 Å². The highest BCUT2D eigenvalue weighted by molar-refractivity contribution is 6.00. The van der Waals surface area contributed by atoms with Crippen LogP contribution in [0.25, 0.3) is 6.08 Å². The number of hydrogen-bond donors (Lipinski definition) is 1. The van der Waals surface area contributed by atoms with Crippen LogP contribution in [0.1, 0.15) is 17.0 Å². The number of hydrogen-bond acceptors (Lipinski definition) is 6. The molecule has 1 heterocycles. The molecule has 0 fully saturated rings. The van der Waals surface area contributed by atoms with Crippen molar-refractivity contribution in [3.8, 4) is 11.5 Å². The maximum atomic E-state index is 12.0. The Morgan fingerprint density at radius 2 is 1.85 bits per heavy atom. The molecule has 1 amide bonds. The van der Waals surface area contributed by atoms with Crippen LogP contribution in [0.3, 0.4) is 0 Å². The third-order valence-corrected chi connectivity index (χ3v) is 3.73. The summed E-state index contributed by atoms with van der Waals surface area (Å²) in [5.41, 5.74) is 1.84. The van der Waals surface area contributed by atoms with Crippen molar-refractivity contribution in [2.24, 2.45) is 0 Å². The molecule has 7 nitrogen and oxygen atoms in total. The fourth-order valence-corrected chi connectivity index (χ4v) is 2.42. The molecule has 0 saturated heterocycles. The maximum absolute atomic E-state index is 12.0. The van der Waals surface area contributed by atoms with Crippen LogP contribution in [0, 0.1) is 0 Å². The lowest BCUT2D eigenvalue weighted by molar-refractivity contribution is -0.112. The van der Waals surface area contributed by atoms with Gasteiger partial charge in [0.25, 0.3) is 5.91 Å². The standard InChI is InChI=1S/C20H19N3O4/c1-25-16-10-8-15(12-17(16)26-2)9-11-18(24)21-20-23-22-19(27-20)13-14-6-4-3-5-7-14/h3-12H,13H2,1-2H3,(H,21,23,24)/b11-9+. The Morgan fingerprint density at radius 1 is 1.07 bits per heavy atom. The Morgan fingerprint density at radius 3 is 2.59 bits per heavy atom. The van der Waals surface area contributed by atoms with E-state index in [-0.39, 0.29) is 11.9 Å². The first-order valence-electron chi connectivity index (χ1n) is 8.25. The lowest BCUT2D eigenvalue weighted by atomic mass is 10.2. The van der Waals surface area contributed by atoms with Gasteiger partial charge < -0.3 is 13.9 Å². The number of aromatic nitrogens is 2. The highest BCUT2D eigenvalue weighted by atomic mass is 16.5. The maximum Gasteiger partial charge on any atom is 0.322 e. The molecule has 3 rings (SSSR count). The average molecular weight is 365 g/mol. The lowest BCUT2D eigenvalue weighted by Gasteiger charge is -2.07. The van der Waals surface area contributed by atoms with Crippen molar-refractivity contribution in [3.63, 3.8) is 0 Å². The molecular formula is C20H19N3O4. The second-order valence-corrected chi connectivity index (χ2v) is 5.60. The van der Waals surface area contributed by atoms with Gasteiger partial charge in [0.15, 0.2) is 11.5 Å². The van der Waals surface area contributed by atoms with Gasteiger partial charge in [-0.2, -0.15) is 0 Å². The normalized spacial score (nSPS) is 10.7. The summed E-state index contributed by atoms with van der Waals surface area (Å²) in [7, 11) is 3.12. The van der Waals surface area contributed by atoms with Crippen LogP contribution in [0.15, 0.2) is 59.0 Å². The van der Waals surface area contributed by atoms with Gasteiger partial charge in [-0.1, -0.05) is 41.5 Å². The van der Waals surface area contributed by atoms with Crippen LogP contribution in [-0.2, 0) is 11.2 Å². The van der Waals surface area contributed by atoms with Crippen LogP contribution < -0.4 is 14.8 Å². The molecule has 27 heavy (non-hydrogen) atoms. The van der Waals surface area contributed by atoms with Gasteiger partial charge >= 0.3 is 6.01 Å². The Bertz CT molecular complexity index is 935. The molecule has 0 spiro atoms. The summed E-state index contributed by atoms with van der Waals surface area (Å²) in [6.45, 7) is 0. The quantitative estimate of drug-likeness (QED) is 0.646. The van der Waals surface area contributed by atoms with Gasteiger partial charge in [-0.05, 0) is 29.3 Å². The number of benzene rings is 2. The molecule has 3 aromatic rings. The second-order valence-electron chi connectivity index (χ2n) is 5.60. The monoisotopic (exact) mass is 365 g/mol. The number of methoxy groups -OCH3 is 2. The Balaban J connectivity index is 1.60. The molecule has 0 aliphatic carbocycles. The van der Waals surface area contributed by atoms with E-state index < -0.39 is 0 Å². The molecule has 0 atom stereocenters. The first kappa shape index (κ1) is 18.2. The molecule has 0 bridgehead atoms. The number of carbonyl (C=O) groups is 1. The van der Waals surface area contributed by atoms with Crippen molar-refractivity contribution in [2.75, 3.05) is 19.5 Å². The number of rotatable bonds is 7. The average Bonchev–Trinajstić information content (AvgIpc) is 3.13. The van der Waals surface area contributed by atoms with Gasteiger partial charge in [0, 0.05) is 6.08 Å². The van der Waals surface area contributed by atoms with E-state index in [0.29, 0.717) is 23.8 Å². The van der Waals surface area contributed by atoms with Gasteiger partial charge in [0.2, 0.25) is 5.89 Å². The first-order valence-corrected chi connectivity index (χ1v) is 8.25. The van der Waals surface area contributed by atoms with Crippen molar-refractivity contribution in [1.82, 2.24) is 10.2 Å². The number of carbonyl (C=O) groups excluding carboxylic acids is 1. The van der Waals surface area contributed by atoms with E-state index in [1.54, 1.807) is 32.4 Å². The fraction of sp³-hybridized carbons (Fsp3) is 0.150. The van der Waals surface area contributed by atoms with Crippen LogP contribution in [-0.4, -0.2) is 30.3 Å². The third-order valence-electron chi connectivity index (χ3n) is 3.73. The summed E-state index contributed by atoms with van der Waals surface area (Å²) < 4.78 is 15.9. The van der Waals surface area contributed by atoms with Gasteiger partial charge in [-0.15, -0.1) is 5.10 Å². The van der Waals surface area contributed by atoms with Crippen molar-refractivity contribution in [3.05, 3.63) is 71.6 Å².